The van der Waals surface area contributed by atoms with Gasteiger partial charge in [0.05, 0.1) is 5.56 Å². The molecule has 0 saturated heterocycles. The van der Waals surface area contributed by atoms with E-state index >= 15 is 0 Å². The Bertz CT molecular complexity index is 1000. The third kappa shape index (κ3) is 10.3. The zero-order valence-corrected chi connectivity index (χ0v) is 22.1. The highest BCUT2D eigenvalue weighted by atomic mass is 16.5. The van der Waals surface area contributed by atoms with E-state index in [1.165, 1.54) is 51.0 Å². The maximum absolute atomic E-state index is 12.6. The summed E-state index contributed by atoms with van der Waals surface area (Å²) in [5, 5.41) is 0. The van der Waals surface area contributed by atoms with Gasteiger partial charge in [0.2, 0.25) is 0 Å². The molecule has 4 N–H and O–H groups in total. The molecule has 1 aliphatic rings. The first-order valence-corrected chi connectivity index (χ1v) is 13.7. The van der Waals surface area contributed by atoms with Crippen molar-refractivity contribution in [2.45, 2.75) is 90.3 Å². The molecule has 37 heavy (non-hydrogen) atoms. The quantitative estimate of drug-likeness (QED) is 0.130. The molecule has 0 unspecified atom stereocenters. The topological polar surface area (TPSA) is 105 Å². The lowest BCUT2D eigenvalue weighted by atomic mass is 9.84. The Labute approximate surface area is 221 Å². The highest BCUT2D eigenvalue weighted by molar-refractivity contribution is 5.90. The number of ether oxygens (including phenoxy) is 2. The van der Waals surface area contributed by atoms with Crippen LogP contribution >= 0.6 is 0 Å². The second kappa shape index (κ2) is 15.1. The van der Waals surface area contributed by atoms with Crippen molar-refractivity contribution in [2.75, 3.05) is 11.5 Å². The number of carbonyl (C=O) groups excluding carboxylic acids is 2. The van der Waals surface area contributed by atoms with Crippen LogP contribution in [-0.4, -0.2) is 18.0 Å². The van der Waals surface area contributed by atoms with Gasteiger partial charge < -0.3 is 20.9 Å². The summed E-state index contributed by atoms with van der Waals surface area (Å²) >= 11 is 0. The summed E-state index contributed by atoms with van der Waals surface area (Å²) in [5.74, 6) is 0.0233. The minimum atomic E-state index is -0.475. The summed E-state index contributed by atoms with van der Waals surface area (Å²) in [4.78, 5) is 24.6. The Hall–Kier alpha value is -3.28. The first-order chi connectivity index (χ1) is 17.9. The molecule has 6 heteroatoms. The van der Waals surface area contributed by atoms with Gasteiger partial charge in [-0.3, -0.25) is 0 Å². The van der Waals surface area contributed by atoms with E-state index in [1.807, 2.05) is 0 Å². The molecular weight excluding hydrogens is 464 g/mol. The molecule has 0 amide bonds. The SMILES string of the molecule is CCCCCCCCC1CCC(OC(=O)c2ccc(C=CC(=O)OCc3cc(N)cc(N)c3)cc2)CC1. The highest BCUT2D eigenvalue weighted by Crippen LogP contribution is 2.30. The van der Waals surface area contributed by atoms with Crippen molar-refractivity contribution in [3.63, 3.8) is 0 Å². The number of carbonyl (C=O) groups is 2. The fourth-order valence-corrected chi connectivity index (χ4v) is 4.90. The molecule has 0 radical (unpaired) electrons. The first kappa shape index (κ1) is 28.3. The largest absolute Gasteiger partial charge is 0.459 e. The van der Waals surface area contributed by atoms with E-state index in [9.17, 15) is 9.59 Å². The van der Waals surface area contributed by atoms with Crippen LogP contribution in [0.3, 0.4) is 0 Å². The van der Waals surface area contributed by atoms with Gasteiger partial charge in [0.1, 0.15) is 12.7 Å². The van der Waals surface area contributed by atoms with Gasteiger partial charge in [0.25, 0.3) is 0 Å². The van der Waals surface area contributed by atoms with E-state index in [4.69, 9.17) is 20.9 Å². The molecule has 1 aliphatic carbocycles. The Morgan fingerprint density at radius 3 is 2.22 bits per heavy atom. The van der Waals surface area contributed by atoms with Crippen molar-refractivity contribution >= 4 is 29.4 Å². The predicted octanol–water partition coefficient (Wildman–Crippen LogP) is 7.07. The Kier molecular flexibility index (Phi) is 11.5. The van der Waals surface area contributed by atoms with Crippen molar-refractivity contribution in [1.82, 2.24) is 0 Å². The van der Waals surface area contributed by atoms with Crippen LogP contribution in [0.1, 0.15) is 99.0 Å². The Morgan fingerprint density at radius 1 is 0.892 bits per heavy atom. The van der Waals surface area contributed by atoms with Crippen LogP contribution in [0.2, 0.25) is 0 Å². The minimum absolute atomic E-state index is 0.0120. The van der Waals surface area contributed by atoms with E-state index in [0.29, 0.717) is 16.9 Å². The summed E-state index contributed by atoms with van der Waals surface area (Å²) < 4.78 is 11.0. The number of hydrogen-bond donors (Lipinski definition) is 2. The van der Waals surface area contributed by atoms with Crippen molar-refractivity contribution in [3.05, 3.63) is 65.2 Å². The zero-order valence-electron chi connectivity index (χ0n) is 22.1. The summed E-state index contributed by atoms with van der Waals surface area (Å²) in [6.07, 6.45) is 16.6. The predicted molar refractivity (Wildman–Crippen MR) is 150 cm³/mol. The maximum atomic E-state index is 12.6. The number of rotatable bonds is 13. The molecule has 200 valence electrons. The smallest absolute Gasteiger partial charge is 0.338 e. The van der Waals surface area contributed by atoms with E-state index < -0.39 is 5.97 Å². The van der Waals surface area contributed by atoms with Gasteiger partial charge in [-0.05, 0) is 79.1 Å². The van der Waals surface area contributed by atoms with Gasteiger partial charge in [-0.15, -0.1) is 0 Å². The normalized spacial score (nSPS) is 17.5. The number of benzene rings is 2. The van der Waals surface area contributed by atoms with E-state index in [2.05, 4.69) is 6.92 Å². The molecule has 1 saturated carbocycles. The molecule has 0 aliphatic heterocycles. The van der Waals surface area contributed by atoms with Crippen LogP contribution in [0.4, 0.5) is 11.4 Å². The van der Waals surface area contributed by atoms with Gasteiger partial charge in [-0.1, -0.05) is 64.0 Å². The first-order valence-electron chi connectivity index (χ1n) is 13.7. The average molecular weight is 507 g/mol. The van der Waals surface area contributed by atoms with Gasteiger partial charge in [0, 0.05) is 17.5 Å². The van der Waals surface area contributed by atoms with Crippen molar-refractivity contribution < 1.29 is 19.1 Å². The molecule has 0 atom stereocenters. The molecule has 0 heterocycles. The van der Waals surface area contributed by atoms with Gasteiger partial charge in [-0.25, -0.2) is 9.59 Å². The van der Waals surface area contributed by atoms with Crippen LogP contribution < -0.4 is 11.5 Å². The van der Waals surface area contributed by atoms with Crippen molar-refractivity contribution in [1.29, 1.82) is 0 Å². The molecule has 3 rings (SSSR count). The molecule has 6 nitrogen and oxygen atoms in total. The highest BCUT2D eigenvalue weighted by Gasteiger charge is 2.24. The summed E-state index contributed by atoms with van der Waals surface area (Å²) in [6.45, 7) is 2.34. The van der Waals surface area contributed by atoms with Gasteiger partial charge >= 0.3 is 11.9 Å². The molecular formula is C31H42N2O4. The number of esters is 2. The van der Waals surface area contributed by atoms with Crippen LogP contribution in [0, 0.1) is 5.92 Å². The van der Waals surface area contributed by atoms with E-state index in [1.54, 1.807) is 48.5 Å². The molecule has 2 aromatic rings. The fraction of sp³-hybridized carbons (Fsp3) is 0.484. The number of anilines is 2. The van der Waals surface area contributed by atoms with Crippen molar-refractivity contribution in [3.8, 4) is 0 Å². The second-order valence-corrected chi connectivity index (χ2v) is 10.2. The van der Waals surface area contributed by atoms with Crippen LogP contribution in [0.5, 0.6) is 0 Å². The second-order valence-electron chi connectivity index (χ2n) is 10.2. The molecule has 1 fully saturated rings. The summed E-state index contributed by atoms with van der Waals surface area (Å²) in [5.41, 5.74) is 14.6. The summed E-state index contributed by atoms with van der Waals surface area (Å²) in [7, 11) is 0. The van der Waals surface area contributed by atoms with Crippen LogP contribution in [-0.2, 0) is 20.9 Å². The maximum Gasteiger partial charge on any atom is 0.338 e. The zero-order chi connectivity index (χ0) is 26.5. The lowest BCUT2D eigenvalue weighted by molar-refractivity contribution is -0.138. The molecule has 2 aromatic carbocycles. The lowest BCUT2D eigenvalue weighted by Gasteiger charge is -2.28. The van der Waals surface area contributed by atoms with Crippen LogP contribution in [0.15, 0.2) is 48.5 Å². The Balaban J connectivity index is 1.36. The third-order valence-corrected chi connectivity index (χ3v) is 7.01. The minimum Gasteiger partial charge on any atom is -0.459 e. The number of nitrogens with two attached hydrogens (primary N) is 2. The van der Waals surface area contributed by atoms with Gasteiger partial charge in [0.15, 0.2) is 0 Å². The monoisotopic (exact) mass is 506 g/mol. The average Bonchev–Trinajstić information content (AvgIpc) is 2.89. The molecule has 0 spiro atoms. The van der Waals surface area contributed by atoms with Gasteiger partial charge in [-0.2, -0.15) is 0 Å². The molecule has 0 aromatic heterocycles. The van der Waals surface area contributed by atoms with Crippen LogP contribution in [0.25, 0.3) is 6.08 Å². The van der Waals surface area contributed by atoms with E-state index in [0.717, 1.165) is 42.7 Å². The number of unbranched alkanes of at least 4 members (excludes halogenated alkanes) is 5. The number of hydrogen-bond acceptors (Lipinski definition) is 6. The summed E-state index contributed by atoms with van der Waals surface area (Å²) in [6, 6.07) is 12.1. The van der Waals surface area contributed by atoms with E-state index in [-0.39, 0.29) is 18.7 Å². The molecule has 0 bridgehead atoms. The fourth-order valence-electron chi connectivity index (χ4n) is 4.90. The number of nitrogen functional groups attached to an aromatic ring is 2. The standard InChI is InChI=1S/C31H42N2O4/c1-2-3-4-5-6-7-8-23-11-16-29(17-12-23)37-31(35)26-14-9-24(10-15-26)13-18-30(34)36-22-25-19-27(32)21-28(33)20-25/h9-10,13-15,18-21,23,29H,2-8,11-12,16-17,22,32-33H2,1H3. The third-order valence-electron chi connectivity index (χ3n) is 7.01. The van der Waals surface area contributed by atoms with Crippen molar-refractivity contribution in [2.24, 2.45) is 5.92 Å². The Morgan fingerprint density at radius 2 is 1.54 bits per heavy atom. The lowest BCUT2D eigenvalue weighted by Crippen LogP contribution is -2.24.